The van der Waals surface area contributed by atoms with Crippen molar-refractivity contribution in [2.45, 2.75) is 32.0 Å². The van der Waals surface area contributed by atoms with Crippen molar-refractivity contribution < 1.29 is 9.53 Å². The molecule has 1 heterocycles. The van der Waals surface area contributed by atoms with Crippen molar-refractivity contribution in [2.75, 3.05) is 6.23 Å². The summed E-state index contributed by atoms with van der Waals surface area (Å²) in [7, 11) is -1.13. The van der Waals surface area contributed by atoms with E-state index in [4.69, 9.17) is 4.74 Å². The minimum absolute atomic E-state index is 0.00178. The molecule has 0 aromatic carbocycles. The van der Waals surface area contributed by atoms with Crippen LogP contribution in [0.5, 0.6) is 0 Å². The summed E-state index contributed by atoms with van der Waals surface area (Å²) >= 11 is 0. The highest BCUT2D eigenvalue weighted by molar-refractivity contribution is 6.77. The number of carbonyl (C=O) groups excluding carboxylic acids is 1. The Hall–Kier alpha value is -0.313. The summed E-state index contributed by atoms with van der Waals surface area (Å²) < 4.78 is 5.04. The summed E-state index contributed by atoms with van der Waals surface area (Å²) in [6.07, 6.45) is 2.40. The summed E-state index contributed by atoms with van der Waals surface area (Å²) in [6.45, 7) is 4.54. The highest BCUT2D eigenvalue weighted by atomic mass is 28.3. The van der Waals surface area contributed by atoms with Gasteiger partial charge in [0.05, 0.1) is 14.3 Å². The van der Waals surface area contributed by atoms with Gasteiger partial charge in [-0.25, -0.2) is 0 Å². The summed E-state index contributed by atoms with van der Waals surface area (Å²) in [4.78, 5) is 10.8. The van der Waals surface area contributed by atoms with Crippen molar-refractivity contribution in [2.24, 2.45) is 0 Å². The molecule has 0 N–H and O–H groups in total. The molecule has 0 saturated carbocycles. The van der Waals surface area contributed by atoms with Gasteiger partial charge in [0, 0.05) is 6.42 Å². The molecule has 0 atom stereocenters. The molecule has 0 aromatic heterocycles. The first kappa shape index (κ1) is 7.79. The molecule has 0 unspecified atom stereocenters. The molecule has 0 spiro atoms. The second kappa shape index (κ2) is 2.74. The molecule has 0 bridgehead atoms. The van der Waals surface area contributed by atoms with Crippen LogP contribution in [0, 0.1) is 0 Å². The number of esters is 1. The Morgan fingerprint density at radius 2 is 2.20 bits per heavy atom. The van der Waals surface area contributed by atoms with Crippen molar-refractivity contribution in [1.82, 2.24) is 0 Å². The predicted octanol–water partition coefficient (Wildman–Crippen LogP) is 1.57. The van der Waals surface area contributed by atoms with Gasteiger partial charge >= 0.3 is 5.97 Å². The van der Waals surface area contributed by atoms with Crippen molar-refractivity contribution in [1.29, 1.82) is 0 Å². The monoisotopic (exact) mass is 158 g/mol. The van der Waals surface area contributed by atoms with Gasteiger partial charge in [0.1, 0.15) is 0 Å². The normalized spacial score (nSPS) is 25.2. The van der Waals surface area contributed by atoms with Crippen LogP contribution in [0.2, 0.25) is 19.1 Å². The Bertz CT molecular complexity index is 143. The largest absolute Gasteiger partial charge is 0.469 e. The maximum atomic E-state index is 10.8. The van der Waals surface area contributed by atoms with Gasteiger partial charge < -0.3 is 4.74 Å². The summed E-state index contributed by atoms with van der Waals surface area (Å²) in [6, 6.07) is 1.23. The smallest absolute Gasteiger partial charge is 0.305 e. The molecular weight excluding hydrogens is 144 g/mol. The Kier molecular flexibility index (Phi) is 2.13. The third-order valence-corrected chi connectivity index (χ3v) is 4.49. The van der Waals surface area contributed by atoms with Gasteiger partial charge in [-0.3, -0.25) is 4.79 Å². The first-order valence-corrected chi connectivity index (χ1v) is 7.17. The van der Waals surface area contributed by atoms with E-state index in [-0.39, 0.29) is 5.97 Å². The van der Waals surface area contributed by atoms with Gasteiger partial charge in [-0.15, -0.1) is 0 Å². The van der Waals surface area contributed by atoms with E-state index in [0.717, 1.165) is 12.7 Å². The first-order valence-electron chi connectivity index (χ1n) is 3.76. The van der Waals surface area contributed by atoms with Gasteiger partial charge in [0.25, 0.3) is 0 Å². The van der Waals surface area contributed by atoms with Crippen molar-refractivity contribution in [3.05, 3.63) is 0 Å². The van der Waals surface area contributed by atoms with Gasteiger partial charge in [0.15, 0.2) is 0 Å². The highest BCUT2D eigenvalue weighted by Gasteiger charge is 2.25. The number of hydrogen-bond acceptors (Lipinski definition) is 2. The van der Waals surface area contributed by atoms with Crippen LogP contribution >= 0.6 is 0 Å². The summed E-state index contributed by atoms with van der Waals surface area (Å²) in [5.74, 6) is -0.00178. The molecule has 0 aliphatic carbocycles. The maximum absolute atomic E-state index is 10.8. The van der Waals surface area contributed by atoms with Crippen molar-refractivity contribution in [3.63, 3.8) is 0 Å². The number of hydrogen-bond donors (Lipinski definition) is 0. The van der Waals surface area contributed by atoms with E-state index in [1.165, 1.54) is 6.04 Å². The van der Waals surface area contributed by atoms with E-state index in [9.17, 15) is 4.79 Å². The van der Waals surface area contributed by atoms with E-state index >= 15 is 0 Å². The molecule has 0 radical (unpaired) electrons. The Labute approximate surface area is 62.6 Å². The molecule has 0 aromatic rings. The minimum atomic E-state index is -1.13. The van der Waals surface area contributed by atoms with E-state index in [1.807, 2.05) is 0 Å². The molecular formula is C7H14O2Si. The molecule has 0 amide bonds. The molecule has 1 saturated heterocycles. The zero-order valence-corrected chi connectivity index (χ0v) is 7.64. The molecule has 1 rings (SSSR count). The van der Waals surface area contributed by atoms with E-state index < -0.39 is 8.07 Å². The lowest BCUT2D eigenvalue weighted by atomic mass is 10.3. The fraction of sp³-hybridized carbons (Fsp3) is 0.857. The zero-order chi connectivity index (χ0) is 7.61. The van der Waals surface area contributed by atoms with E-state index in [2.05, 4.69) is 13.1 Å². The van der Waals surface area contributed by atoms with Crippen LogP contribution in [0.1, 0.15) is 12.8 Å². The molecule has 3 heteroatoms. The molecule has 1 fully saturated rings. The fourth-order valence-corrected chi connectivity index (χ4v) is 2.96. The quantitative estimate of drug-likeness (QED) is 0.395. The number of cyclic esters (lactones) is 1. The average molecular weight is 158 g/mol. The van der Waals surface area contributed by atoms with Crippen molar-refractivity contribution >= 4 is 14.0 Å². The molecule has 1 aliphatic rings. The summed E-state index contributed by atoms with van der Waals surface area (Å²) in [5.41, 5.74) is 0. The van der Waals surface area contributed by atoms with Crippen LogP contribution in [0.25, 0.3) is 0 Å². The average Bonchev–Trinajstić information content (AvgIpc) is 1.94. The predicted molar refractivity (Wildman–Crippen MR) is 42.5 cm³/mol. The number of rotatable bonds is 0. The minimum Gasteiger partial charge on any atom is -0.469 e. The second-order valence-corrected chi connectivity index (χ2v) is 8.80. The molecule has 10 heavy (non-hydrogen) atoms. The molecule has 58 valence electrons. The third kappa shape index (κ3) is 2.14. The maximum Gasteiger partial charge on any atom is 0.305 e. The van der Waals surface area contributed by atoms with Crippen LogP contribution in [-0.2, 0) is 9.53 Å². The molecule has 1 aliphatic heterocycles. The standard InChI is InChI=1S/C7H14O2Si/c1-10(2)5-3-4-7(8)9-6-10/h3-6H2,1-2H3. The van der Waals surface area contributed by atoms with Gasteiger partial charge in [-0.2, -0.15) is 0 Å². The Morgan fingerprint density at radius 1 is 1.50 bits per heavy atom. The third-order valence-electron chi connectivity index (χ3n) is 1.86. The van der Waals surface area contributed by atoms with Gasteiger partial charge in [-0.1, -0.05) is 19.1 Å². The number of ether oxygens (including phenoxy) is 1. The van der Waals surface area contributed by atoms with Crippen LogP contribution in [0.4, 0.5) is 0 Å². The molecule has 2 nitrogen and oxygen atoms in total. The van der Waals surface area contributed by atoms with Crippen LogP contribution in [0.3, 0.4) is 0 Å². The lowest BCUT2D eigenvalue weighted by molar-refractivity contribution is -0.141. The fourth-order valence-electron chi connectivity index (χ4n) is 1.13. The highest BCUT2D eigenvalue weighted by Crippen LogP contribution is 2.18. The first-order chi connectivity index (χ1) is 4.60. The van der Waals surface area contributed by atoms with Gasteiger partial charge in [0.2, 0.25) is 0 Å². The Balaban J connectivity index is 2.48. The summed E-state index contributed by atoms with van der Waals surface area (Å²) in [5, 5.41) is 0. The van der Waals surface area contributed by atoms with Crippen LogP contribution < -0.4 is 0 Å². The van der Waals surface area contributed by atoms with E-state index in [1.54, 1.807) is 0 Å². The lowest BCUT2D eigenvalue weighted by Crippen LogP contribution is -2.31. The van der Waals surface area contributed by atoms with Crippen LogP contribution in [0.15, 0.2) is 0 Å². The van der Waals surface area contributed by atoms with Crippen LogP contribution in [-0.4, -0.2) is 20.3 Å². The lowest BCUT2D eigenvalue weighted by Gasteiger charge is -2.16. The second-order valence-electron chi connectivity index (χ2n) is 3.68. The van der Waals surface area contributed by atoms with E-state index in [0.29, 0.717) is 6.42 Å². The van der Waals surface area contributed by atoms with Gasteiger partial charge in [-0.05, 0) is 6.42 Å². The zero-order valence-electron chi connectivity index (χ0n) is 6.64. The number of carbonyl (C=O) groups is 1. The Morgan fingerprint density at radius 3 is 2.90 bits per heavy atom. The topological polar surface area (TPSA) is 26.3 Å². The van der Waals surface area contributed by atoms with Crippen molar-refractivity contribution in [3.8, 4) is 0 Å². The SMILES string of the molecule is C[Si]1(C)CCCC(=O)OC1.